The zero-order chi connectivity index (χ0) is 14.5. The van der Waals surface area contributed by atoms with Gasteiger partial charge in [-0.05, 0) is 30.9 Å². The molecule has 110 valence electrons. The maximum absolute atomic E-state index is 12.3. The van der Waals surface area contributed by atoms with E-state index in [0.717, 1.165) is 31.7 Å². The van der Waals surface area contributed by atoms with E-state index >= 15 is 0 Å². The number of pyridine rings is 1. The number of hydrogen-bond acceptors (Lipinski definition) is 4. The van der Waals surface area contributed by atoms with Crippen molar-refractivity contribution in [3.8, 4) is 0 Å². The largest absolute Gasteiger partial charge is 0.395 e. The number of likely N-dealkylation sites (tertiary alicyclic amines) is 1. The first-order valence-electron chi connectivity index (χ1n) is 7.19. The van der Waals surface area contributed by atoms with Gasteiger partial charge in [-0.2, -0.15) is 0 Å². The molecule has 1 saturated heterocycles. The van der Waals surface area contributed by atoms with Crippen LogP contribution in [0.15, 0.2) is 18.3 Å². The second-order valence-corrected chi connectivity index (χ2v) is 5.52. The minimum atomic E-state index is 0.0701. The molecule has 5 heteroatoms. The number of aromatic nitrogens is 1. The standard InChI is InChI=1S/C15H23N3O2/c1-12-5-7-18(8-6-12)15(20)13-3-4-14(16-11-13)17(2)9-10-19/h3-4,11-12,19H,5-10H2,1-2H3. The van der Waals surface area contributed by atoms with Crippen molar-refractivity contribution in [3.63, 3.8) is 0 Å². The molecular formula is C15H23N3O2. The van der Waals surface area contributed by atoms with Gasteiger partial charge < -0.3 is 14.9 Å². The minimum Gasteiger partial charge on any atom is -0.395 e. The third-order valence-electron chi connectivity index (χ3n) is 3.89. The summed E-state index contributed by atoms with van der Waals surface area (Å²) in [5, 5.41) is 8.90. The lowest BCUT2D eigenvalue weighted by Crippen LogP contribution is -2.38. The van der Waals surface area contributed by atoms with Crippen molar-refractivity contribution < 1.29 is 9.90 Å². The molecule has 2 rings (SSSR count). The number of carbonyl (C=O) groups excluding carboxylic acids is 1. The molecule has 2 heterocycles. The maximum atomic E-state index is 12.3. The molecule has 0 radical (unpaired) electrons. The number of amides is 1. The molecule has 1 aliphatic heterocycles. The fourth-order valence-corrected chi connectivity index (χ4v) is 2.40. The first-order chi connectivity index (χ1) is 9.61. The number of rotatable bonds is 4. The van der Waals surface area contributed by atoms with Crippen LogP contribution in [0.1, 0.15) is 30.1 Å². The van der Waals surface area contributed by atoms with E-state index in [0.29, 0.717) is 18.0 Å². The number of carbonyl (C=O) groups is 1. The lowest BCUT2D eigenvalue weighted by atomic mass is 9.99. The first kappa shape index (κ1) is 14.8. The predicted octanol–water partition coefficient (Wildman–Crippen LogP) is 1.38. The number of hydrogen-bond donors (Lipinski definition) is 1. The highest BCUT2D eigenvalue weighted by molar-refractivity contribution is 5.94. The molecule has 0 bridgehead atoms. The van der Waals surface area contributed by atoms with Crippen molar-refractivity contribution in [2.75, 3.05) is 38.2 Å². The van der Waals surface area contributed by atoms with Crippen molar-refractivity contribution in [2.24, 2.45) is 5.92 Å². The molecule has 1 aromatic heterocycles. The molecule has 0 spiro atoms. The monoisotopic (exact) mass is 277 g/mol. The lowest BCUT2D eigenvalue weighted by Gasteiger charge is -2.30. The van der Waals surface area contributed by atoms with Crippen LogP contribution in [0.4, 0.5) is 5.82 Å². The van der Waals surface area contributed by atoms with Gasteiger partial charge in [0.25, 0.3) is 5.91 Å². The van der Waals surface area contributed by atoms with Crippen LogP contribution < -0.4 is 4.90 Å². The highest BCUT2D eigenvalue weighted by atomic mass is 16.3. The van der Waals surface area contributed by atoms with Crippen molar-refractivity contribution in [1.29, 1.82) is 0 Å². The Labute approximate surface area is 120 Å². The molecule has 0 aliphatic carbocycles. The molecule has 0 saturated carbocycles. The van der Waals surface area contributed by atoms with Gasteiger partial charge in [0.15, 0.2) is 0 Å². The fraction of sp³-hybridized carbons (Fsp3) is 0.600. The van der Waals surface area contributed by atoms with Gasteiger partial charge in [0, 0.05) is 32.9 Å². The smallest absolute Gasteiger partial charge is 0.255 e. The predicted molar refractivity (Wildman–Crippen MR) is 78.9 cm³/mol. The van der Waals surface area contributed by atoms with Gasteiger partial charge in [-0.1, -0.05) is 6.92 Å². The van der Waals surface area contributed by atoms with E-state index in [4.69, 9.17) is 5.11 Å². The van der Waals surface area contributed by atoms with Crippen LogP contribution in [0.2, 0.25) is 0 Å². The summed E-state index contributed by atoms with van der Waals surface area (Å²) in [7, 11) is 1.87. The highest BCUT2D eigenvalue weighted by Gasteiger charge is 2.21. The van der Waals surface area contributed by atoms with Gasteiger partial charge in [-0.3, -0.25) is 4.79 Å². The average molecular weight is 277 g/mol. The van der Waals surface area contributed by atoms with Crippen LogP contribution in [-0.4, -0.2) is 54.2 Å². The van der Waals surface area contributed by atoms with Gasteiger partial charge in [-0.15, -0.1) is 0 Å². The molecular weight excluding hydrogens is 254 g/mol. The lowest BCUT2D eigenvalue weighted by molar-refractivity contribution is 0.0697. The number of aliphatic hydroxyl groups is 1. The van der Waals surface area contributed by atoms with E-state index in [1.807, 2.05) is 29.0 Å². The molecule has 0 unspecified atom stereocenters. The molecule has 1 amide bonds. The summed E-state index contributed by atoms with van der Waals surface area (Å²) in [5.74, 6) is 1.55. The van der Waals surface area contributed by atoms with Crippen molar-refractivity contribution in [3.05, 3.63) is 23.9 Å². The maximum Gasteiger partial charge on any atom is 0.255 e. The quantitative estimate of drug-likeness (QED) is 0.903. The number of likely N-dealkylation sites (N-methyl/N-ethyl adjacent to an activating group) is 1. The third kappa shape index (κ3) is 3.48. The second-order valence-electron chi connectivity index (χ2n) is 5.52. The Morgan fingerprint density at radius 3 is 2.70 bits per heavy atom. The summed E-state index contributed by atoms with van der Waals surface area (Å²) in [6.45, 7) is 4.53. The van der Waals surface area contributed by atoms with Gasteiger partial charge in [0.05, 0.1) is 12.2 Å². The average Bonchev–Trinajstić information content (AvgIpc) is 2.48. The summed E-state index contributed by atoms with van der Waals surface area (Å²) in [6.07, 6.45) is 3.79. The van der Waals surface area contributed by atoms with Crippen molar-refractivity contribution in [2.45, 2.75) is 19.8 Å². The van der Waals surface area contributed by atoms with Gasteiger partial charge >= 0.3 is 0 Å². The summed E-state index contributed by atoms with van der Waals surface area (Å²) < 4.78 is 0. The summed E-state index contributed by atoms with van der Waals surface area (Å²) >= 11 is 0. The zero-order valence-corrected chi connectivity index (χ0v) is 12.2. The van der Waals surface area contributed by atoms with Crippen molar-refractivity contribution in [1.82, 2.24) is 9.88 Å². The summed E-state index contributed by atoms with van der Waals surface area (Å²) in [6, 6.07) is 3.64. The van der Waals surface area contributed by atoms with Crippen molar-refractivity contribution >= 4 is 11.7 Å². The van der Waals surface area contributed by atoms with Gasteiger partial charge in [0.2, 0.25) is 0 Å². The Morgan fingerprint density at radius 1 is 1.45 bits per heavy atom. The molecule has 1 aromatic rings. The molecule has 1 N–H and O–H groups in total. The Bertz CT molecular complexity index is 439. The van der Waals surface area contributed by atoms with Crippen LogP contribution in [0.5, 0.6) is 0 Å². The number of piperidine rings is 1. The molecule has 1 aliphatic rings. The van der Waals surface area contributed by atoms with Crippen LogP contribution in [0.25, 0.3) is 0 Å². The topological polar surface area (TPSA) is 56.7 Å². The van der Waals surface area contributed by atoms with Crippen LogP contribution in [-0.2, 0) is 0 Å². The van der Waals surface area contributed by atoms with Gasteiger partial charge in [0.1, 0.15) is 5.82 Å². The van der Waals surface area contributed by atoms with E-state index in [2.05, 4.69) is 11.9 Å². The summed E-state index contributed by atoms with van der Waals surface area (Å²) in [4.78, 5) is 20.4. The Balaban J connectivity index is 2.00. The number of nitrogens with zero attached hydrogens (tertiary/aromatic N) is 3. The molecule has 20 heavy (non-hydrogen) atoms. The van der Waals surface area contributed by atoms with Crippen LogP contribution in [0, 0.1) is 5.92 Å². The van der Waals surface area contributed by atoms with E-state index in [1.54, 1.807) is 6.20 Å². The molecule has 0 aromatic carbocycles. The number of anilines is 1. The van der Waals surface area contributed by atoms with Gasteiger partial charge in [-0.25, -0.2) is 4.98 Å². The number of aliphatic hydroxyl groups excluding tert-OH is 1. The minimum absolute atomic E-state index is 0.0701. The Hall–Kier alpha value is -1.62. The van der Waals surface area contributed by atoms with Crippen LogP contribution in [0.3, 0.4) is 0 Å². The zero-order valence-electron chi connectivity index (χ0n) is 12.2. The molecule has 1 fully saturated rings. The second kappa shape index (κ2) is 6.70. The normalized spacial score (nSPS) is 16.2. The molecule has 0 atom stereocenters. The first-order valence-corrected chi connectivity index (χ1v) is 7.19. The third-order valence-corrected chi connectivity index (χ3v) is 3.89. The SMILES string of the molecule is CC1CCN(C(=O)c2ccc(N(C)CCO)nc2)CC1. The Kier molecular flexibility index (Phi) is 4.95. The summed E-state index contributed by atoms with van der Waals surface area (Å²) in [5.41, 5.74) is 0.640. The Morgan fingerprint density at radius 2 is 2.15 bits per heavy atom. The fourth-order valence-electron chi connectivity index (χ4n) is 2.40. The van der Waals surface area contributed by atoms with E-state index in [-0.39, 0.29) is 12.5 Å². The highest BCUT2D eigenvalue weighted by Crippen LogP contribution is 2.18. The van der Waals surface area contributed by atoms with E-state index < -0.39 is 0 Å². The van der Waals surface area contributed by atoms with E-state index in [1.165, 1.54) is 0 Å². The van der Waals surface area contributed by atoms with E-state index in [9.17, 15) is 4.79 Å². The van der Waals surface area contributed by atoms with Crippen LogP contribution >= 0.6 is 0 Å². The molecule has 5 nitrogen and oxygen atoms in total.